The van der Waals surface area contributed by atoms with E-state index in [0.29, 0.717) is 10.0 Å². The molecule has 0 saturated heterocycles. The summed E-state index contributed by atoms with van der Waals surface area (Å²) in [6.07, 6.45) is 0. The average molecular weight is 363 g/mol. The average Bonchev–Trinajstić information content (AvgIpc) is 2.83. The van der Waals surface area contributed by atoms with E-state index in [1.165, 1.54) is 21.6 Å². The third-order valence-corrected chi connectivity index (χ3v) is 5.23. The molecule has 0 aliphatic rings. The van der Waals surface area contributed by atoms with E-state index in [1.54, 1.807) is 23.5 Å². The fourth-order valence-corrected chi connectivity index (χ4v) is 3.62. The zero-order chi connectivity index (χ0) is 16.6. The van der Waals surface area contributed by atoms with E-state index in [9.17, 15) is 0 Å². The highest BCUT2D eigenvalue weighted by molar-refractivity contribution is 7.16. The van der Waals surface area contributed by atoms with Crippen molar-refractivity contribution in [3.63, 3.8) is 0 Å². The molecule has 1 heterocycles. The lowest BCUT2D eigenvalue weighted by molar-refractivity contribution is 1.31. The summed E-state index contributed by atoms with van der Waals surface area (Å²) in [7, 11) is 0. The highest BCUT2D eigenvalue weighted by Gasteiger charge is 2.12. The highest BCUT2D eigenvalue weighted by Crippen LogP contribution is 2.34. The quantitative estimate of drug-likeness (QED) is 0.554. The molecule has 1 N–H and O–H groups in total. The molecule has 0 saturated carbocycles. The van der Waals surface area contributed by atoms with Crippen molar-refractivity contribution >= 4 is 45.4 Å². The minimum atomic E-state index is 0.527. The summed E-state index contributed by atoms with van der Waals surface area (Å²) in [6.45, 7) is 6.31. The second-order valence-corrected chi connectivity index (χ2v) is 7.51. The Labute approximate surface area is 150 Å². The standard InChI is InChI=1S/C18H16Cl2N2S/c1-10-4-6-14(11(2)8-10)17-12(3)23-18(22-17)21-13-5-7-15(19)16(20)9-13/h4-9H,1-3H3,(H,21,22). The molecule has 0 aliphatic heterocycles. The molecule has 2 aromatic carbocycles. The van der Waals surface area contributed by atoms with Crippen molar-refractivity contribution in [2.24, 2.45) is 0 Å². The number of rotatable bonds is 3. The van der Waals surface area contributed by atoms with Crippen LogP contribution < -0.4 is 5.32 Å². The van der Waals surface area contributed by atoms with E-state index in [4.69, 9.17) is 28.2 Å². The van der Waals surface area contributed by atoms with E-state index in [1.807, 2.05) is 6.07 Å². The normalized spacial score (nSPS) is 10.8. The molecule has 23 heavy (non-hydrogen) atoms. The topological polar surface area (TPSA) is 24.9 Å². The van der Waals surface area contributed by atoms with Crippen LogP contribution in [0.5, 0.6) is 0 Å². The molecule has 0 radical (unpaired) electrons. The number of thiazole rings is 1. The van der Waals surface area contributed by atoms with Crippen LogP contribution in [0.25, 0.3) is 11.3 Å². The van der Waals surface area contributed by atoms with Crippen LogP contribution in [-0.2, 0) is 0 Å². The summed E-state index contributed by atoms with van der Waals surface area (Å²) in [5, 5.41) is 5.21. The molecule has 0 fully saturated rings. The third kappa shape index (κ3) is 3.52. The van der Waals surface area contributed by atoms with Gasteiger partial charge >= 0.3 is 0 Å². The number of nitrogens with zero attached hydrogens (tertiary/aromatic N) is 1. The second-order valence-electron chi connectivity index (χ2n) is 5.50. The second kappa shape index (κ2) is 6.52. The summed E-state index contributed by atoms with van der Waals surface area (Å²) in [6, 6.07) is 11.9. The van der Waals surface area contributed by atoms with Gasteiger partial charge in [-0.3, -0.25) is 0 Å². The SMILES string of the molecule is Cc1ccc(-c2nc(Nc3ccc(Cl)c(Cl)c3)sc2C)c(C)c1. The van der Waals surface area contributed by atoms with Gasteiger partial charge in [0.25, 0.3) is 0 Å². The monoisotopic (exact) mass is 362 g/mol. The maximum absolute atomic E-state index is 6.06. The van der Waals surface area contributed by atoms with Gasteiger partial charge in [0.15, 0.2) is 5.13 Å². The Morgan fingerprint density at radius 1 is 0.957 bits per heavy atom. The predicted molar refractivity (Wildman–Crippen MR) is 102 cm³/mol. The lowest BCUT2D eigenvalue weighted by atomic mass is 10.0. The molecular formula is C18H16Cl2N2S. The summed E-state index contributed by atoms with van der Waals surface area (Å²) in [5.74, 6) is 0. The van der Waals surface area contributed by atoms with Gasteiger partial charge in [0, 0.05) is 16.1 Å². The molecule has 118 valence electrons. The molecule has 0 aliphatic carbocycles. The molecule has 3 rings (SSSR count). The fraction of sp³-hybridized carbons (Fsp3) is 0.167. The van der Waals surface area contributed by atoms with Crippen molar-refractivity contribution in [1.29, 1.82) is 0 Å². The van der Waals surface area contributed by atoms with Crippen LogP contribution in [0, 0.1) is 20.8 Å². The summed E-state index contributed by atoms with van der Waals surface area (Å²) in [5.41, 5.74) is 5.56. The Morgan fingerprint density at radius 3 is 2.43 bits per heavy atom. The van der Waals surface area contributed by atoms with Gasteiger partial charge in [-0.1, -0.05) is 47.0 Å². The number of nitrogens with one attached hydrogen (secondary N) is 1. The Kier molecular flexibility index (Phi) is 4.62. The first kappa shape index (κ1) is 16.3. The number of anilines is 2. The first-order chi connectivity index (χ1) is 10.9. The van der Waals surface area contributed by atoms with Gasteiger partial charge in [-0.2, -0.15) is 0 Å². The third-order valence-electron chi connectivity index (χ3n) is 3.60. The van der Waals surface area contributed by atoms with Gasteiger partial charge in [0.05, 0.1) is 15.7 Å². The molecule has 1 aromatic heterocycles. The molecule has 0 unspecified atom stereocenters. The van der Waals surface area contributed by atoms with Crippen LogP contribution in [0.15, 0.2) is 36.4 Å². The predicted octanol–water partition coefficient (Wildman–Crippen LogP) is 6.79. The van der Waals surface area contributed by atoms with Gasteiger partial charge in [0.1, 0.15) is 0 Å². The van der Waals surface area contributed by atoms with Crippen LogP contribution in [0.2, 0.25) is 10.0 Å². The largest absolute Gasteiger partial charge is 0.331 e. The van der Waals surface area contributed by atoms with E-state index in [0.717, 1.165) is 16.5 Å². The summed E-state index contributed by atoms with van der Waals surface area (Å²) >= 11 is 13.6. The Morgan fingerprint density at radius 2 is 1.74 bits per heavy atom. The van der Waals surface area contributed by atoms with Crippen LogP contribution >= 0.6 is 34.5 Å². The number of hydrogen-bond acceptors (Lipinski definition) is 3. The van der Waals surface area contributed by atoms with Gasteiger partial charge < -0.3 is 5.32 Å². The lowest BCUT2D eigenvalue weighted by Gasteiger charge is -2.05. The molecule has 3 aromatic rings. The molecular weight excluding hydrogens is 347 g/mol. The van der Waals surface area contributed by atoms with Crippen molar-refractivity contribution in [2.75, 3.05) is 5.32 Å². The fourth-order valence-electron chi connectivity index (χ4n) is 2.48. The van der Waals surface area contributed by atoms with Crippen molar-refractivity contribution < 1.29 is 0 Å². The number of benzene rings is 2. The number of aromatic nitrogens is 1. The molecule has 0 atom stereocenters. The van der Waals surface area contributed by atoms with E-state index < -0.39 is 0 Å². The van der Waals surface area contributed by atoms with Gasteiger partial charge in [-0.15, -0.1) is 11.3 Å². The Bertz CT molecular complexity index is 871. The number of halogens is 2. The van der Waals surface area contributed by atoms with Crippen molar-refractivity contribution in [3.05, 3.63) is 62.4 Å². The zero-order valence-electron chi connectivity index (χ0n) is 13.1. The first-order valence-corrected chi connectivity index (χ1v) is 8.78. The minimum Gasteiger partial charge on any atom is -0.331 e. The minimum absolute atomic E-state index is 0.527. The maximum Gasteiger partial charge on any atom is 0.187 e. The van der Waals surface area contributed by atoms with Gasteiger partial charge in [-0.25, -0.2) is 4.98 Å². The molecule has 0 amide bonds. The molecule has 5 heteroatoms. The van der Waals surface area contributed by atoms with E-state index >= 15 is 0 Å². The van der Waals surface area contributed by atoms with Crippen LogP contribution in [0.3, 0.4) is 0 Å². The number of aryl methyl sites for hydroxylation is 3. The lowest BCUT2D eigenvalue weighted by Crippen LogP contribution is -1.91. The van der Waals surface area contributed by atoms with Gasteiger partial charge in [0.2, 0.25) is 0 Å². The van der Waals surface area contributed by atoms with Gasteiger partial charge in [-0.05, 0) is 44.5 Å². The first-order valence-electron chi connectivity index (χ1n) is 7.21. The Balaban J connectivity index is 1.93. The van der Waals surface area contributed by atoms with E-state index in [-0.39, 0.29) is 0 Å². The van der Waals surface area contributed by atoms with Crippen molar-refractivity contribution in [2.45, 2.75) is 20.8 Å². The zero-order valence-corrected chi connectivity index (χ0v) is 15.4. The summed E-state index contributed by atoms with van der Waals surface area (Å²) < 4.78 is 0. The Hall–Kier alpha value is -1.55. The summed E-state index contributed by atoms with van der Waals surface area (Å²) in [4.78, 5) is 5.93. The smallest absolute Gasteiger partial charge is 0.187 e. The maximum atomic E-state index is 6.06. The van der Waals surface area contributed by atoms with Crippen LogP contribution in [0.4, 0.5) is 10.8 Å². The molecule has 0 spiro atoms. The molecule has 0 bridgehead atoms. The van der Waals surface area contributed by atoms with Crippen molar-refractivity contribution in [3.8, 4) is 11.3 Å². The van der Waals surface area contributed by atoms with Crippen LogP contribution in [0.1, 0.15) is 16.0 Å². The molecule has 2 nitrogen and oxygen atoms in total. The van der Waals surface area contributed by atoms with Crippen molar-refractivity contribution in [1.82, 2.24) is 4.98 Å². The highest BCUT2D eigenvalue weighted by atomic mass is 35.5. The van der Waals surface area contributed by atoms with E-state index in [2.05, 4.69) is 44.3 Å². The number of hydrogen-bond donors (Lipinski definition) is 1. The van der Waals surface area contributed by atoms with Crippen LogP contribution in [-0.4, -0.2) is 4.98 Å².